The molecule has 0 heterocycles. The molecule has 6 heteroatoms. The molecule has 2 aromatic rings. The minimum atomic E-state index is -3.76. The fourth-order valence-corrected chi connectivity index (χ4v) is 3.73. The standard InChI is InChI=1S/C18H21NO3SSi/c1-22-17-11-7-6-10-16(17)19-23(20,21)18-12-8-5-9-15(18)13-14-24(2,3)4/h5-12,19H,1-4H3. The number of methoxy groups -OCH3 is 1. The topological polar surface area (TPSA) is 55.4 Å². The predicted molar refractivity (Wildman–Crippen MR) is 100 cm³/mol. The molecule has 1 N–H and O–H groups in total. The zero-order valence-electron chi connectivity index (χ0n) is 14.3. The molecule has 126 valence electrons. The van der Waals surface area contributed by atoms with Crippen LogP contribution in [0.25, 0.3) is 0 Å². The van der Waals surface area contributed by atoms with Crippen molar-refractivity contribution in [3.05, 3.63) is 54.1 Å². The molecule has 0 radical (unpaired) electrons. The summed E-state index contributed by atoms with van der Waals surface area (Å²) in [5.74, 6) is 3.50. The lowest BCUT2D eigenvalue weighted by atomic mass is 10.2. The Hall–Kier alpha value is -2.23. The van der Waals surface area contributed by atoms with E-state index >= 15 is 0 Å². The second kappa shape index (κ2) is 7.12. The van der Waals surface area contributed by atoms with E-state index in [-0.39, 0.29) is 4.90 Å². The summed E-state index contributed by atoms with van der Waals surface area (Å²) in [5, 5.41) is 0. The van der Waals surface area contributed by atoms with Crippen molar-refractivity contribution in [1.29, 1.82) is 0 Å². The number of anilines is 1. The van der Waals surface area contributed by atoms with Crippen LogP contribution in [0.5, 0.6) is 5.75 Å². The molecule has 0 saturated heterocycles. The van der Waals surface area contributed by atoms with Gasteiger partial charge in [0.15, 0.2) is 0 Å². The highest BCUT2D eigenvalue weighted by molar-refractivity contribution is 7.92. The highest BCUT2D eigenvalue weighted by Gasteiger charge is 2.19. The first-order chi connectivity index (χ1) is 11.2. The number of sulfonamides is 1. The number of nitrogens with one attached hydrogen (secondary N) is 1. The highest BCUT2D eigenvalue weighted by Crippen LogP contribution is 2.27. The molecule has 2 aromatic carbocycles. The van der Waals surface area contributed by atoms with Gasteiger partial charge in [-0.05, 0) is 24.3 Å². The monoisotopic (exact) mass is 359 g/mol. The molecule has 0 aliphatic carbocycles. The van der Waals surface area contributed by atoms with Crippen LogP contribution in [0.4, 0.5) is 5.69 Å². The van der Waals surface area contributed by atoms with E-state index in [9.17, 15) is 8.42 Å². The maximum absolute atomic E-state index is 12.8. The third kappa shape index (κ3) is 4.63. The van der Waals surface area contributed by atoms with Gasteiger partial charge in [0.1, 0.15) is 18.7 Å². The summed E-state index contributed by atoms with van der Waals surface area (Å²) >= 11 is 0. The molecule has 0 amide bonds. The van der Waals surface area contributed by atoms with Crippen molar-refractivity contribution in [1.82, 2.24) is 0 Å². The van der Waals surface area contributed by atoms with Gasteiger partial charge in [-0.3, -0.25) is 4.72 Å². The molecular weight excluding hydrogens is 338 g/mol. The fraction of sp³-hybridized carbons (Fsp3) is 0.222. The average molecular weight is 360 g/mol. The van der Waals surface area contributed by atoms with Crippen molar-refractivity contribution >= 4 is 23.8 Å². The summed E-state index contributed by atoms with van der Waals surface area (Å²) in [6, 6.07) is 13.7. The lowest BCUT2D eigenvalue weighted by molar-refractivity contribution is 0.417. The van der Waals surface area contributed by atoms with Crippen molar-refractivity contribution in [3.63, 3.8) is 0 Å². The lowest BCUT2D eigenvalue weighted by Crippen LogP contribution is -2.17. The first-order valence-corrected chi connectivity index (χ1v) is 12.5. The smallest absolute Gasteiger partial charge is 0.263 e. The molecular formula is C18H21NO3SSi. The molecule has 0 bridgehead atoms. The third-order valence-electron chi connectivity index (χ3n) is 3.10. The first-order valence-electron chi connectivity index (χ1n) is 7.51. The zero-order valence-corrected chi connectivity index (χ0v) is 16.1. The van der Waals surface area contributed by atoms with Crippen LogP contribution in [0.15, 0.2) is 53.4 Å². The van der Waals surface area contributed by atoms with E-state index in [1.165, 1.54) is 7.11 Å². The summed E-state index contributed by atoms with van der Waals surface area (Å²) in [6.07, 6.45) is 0. The number of benzene rings is 2. The van der Waals surface area contributed by atoms with Gasteiger partial charge in [-0.1, -0.05) is 49.8 Å². The van der Waals surface area contributed by atoms with Gasteiger partial charge in [-0.15, -0.1) is 5.54 Å². The number of para-hydroxylation sites is 2. The minimum absolute atomic E-state index is 0.168. The minimum Gasteiger partial charge on any atom is -0.495 e. The Bertz CT molecular complexity index is 890. The number of ether oxygens (including phenoxy) is 1. The van der Waals surface area contributed by atoms with Gasteiger partial charge >= 0.3 is 0 Å². The van der Waals surface area contributed by atoms with Crippen molar-refractivity contribution < 1.29 is 13.2 Å². The van der Waals surface area contributed by atoms with Crippen molar-refractivity contribution in [2.45, 2.75) is 24.5 Å². The summed E-state index contributed by atoms with van der Waals surface area (Å²) in [7, 11) is -3.87. The third-order valence-corrected chi connectivity index (χ3v) is 5.40. The van der Waals surface area contributed by atoms with E-state index in [0.29, 0.717) is 17.0 Å². The number of rotatable bonds is 4. The fourth-order valence-electron chi connectivity index (χ4n) is 1.99. The molecule has 0 aliphatic rings. The molecule has 0 unspecified atom stereocenters. The van der Waals surface area contributed by atoms with Gasteiger partial charge < -0.3 is 4.74 Å². The van der Waals surface area contributed by atoms with Crippen molar-refractivity contribution in [3.8, 4) is 17.2 Å². The predicted octanol–water partition coefficient (Wildman–Crippen LogP) is 3.72. The number of hydrogen-bond donors (Lipinski definition) is 1. The van der Waals surface area contributed by atoms with Gasteiger partial charge in [-0.2, -0.15) is 0 Å². The Morgan fingerprint density at radius 1 is 1.00 bits per heavy atom. The van der Waals surface area contributed by atoms with E-state index in [2.05, 4.69) is 35.8 Å². The molecule has 0 saturated carbocycles. The van der Waals surface area contributed by atoms with Gasteiger partial charge in [0, 0.05) is 5.56 Å². The van der Waals surface area contributed by atoms with Crippen LogP contribution in [-0.2, 0) is 10.0 Å². The van der Waals surface area contributed by atoms with E-state index in [1.54, 1.807) is 48.5 Å². The quantitative estimate of drug-likeness (QED) is 0.668. The molecule has 0 atom stereocenters. The number of hydrogen-bond acceptors (Lipinski definition) is 3. The van der Waals surface area contributed by atoms with Crippen LogP contribution in [0, 0.1) is 11.5 Å². The zero-order chi connectivity index (χ0) is 17.8. The van der Waals surface area contributed by atoms with Crippen molar-refractivity contribution in [2.24, 2.45) is 0 Å². The Morgan fingerprint density at radius 2 is 1.62 bits per heavy atom. The Kier molecular flexibility index (Phi) is 5.37. The van der Waals surface area contributed by atoms with E-state index in [0.717, 1.165) is 0 Å². The normalized spacial score (nSPS) is 11.3. The van der Waals surface area contributed by atoms with Crippen LogP contribution >= 0.6 is 0 Å². The van der Waals surface area contributed by atoms with E-state index < -0.39 is 18.1 Å². The van der Waals surface area contributed by atoms with Crippen LogP contribution in [0.3, 0.4) is 0 Å². The lowest BCUT2D eigenvalue weighted by Gasteiger charge is -2.13. The summed E-state index contributed by atoms with van der Waals surface area (Å²) in [5.41, 5.74) is 4.11. The highest BCUT2D eigenvalue weighted by atomic mass is 32.2. The molecule has 4 nitrogen and oxygen atoms in total. The van der Waals surface area contributed by atoms with Gasteiger partial charge in [0.2, 0.25) is 0 Å². The SMILES string of the molecule is COc1ccccc1NS(=O)(=O)c1ccccc1C#C[Si](C)(C)C. The van der Waals surface area contributed by atoms with Gasteiger partial charge in [0.05, 0.1) is 12.8 Å². The summed E-state index contributed by atoms with van der Waals surface area (Å²) in [4.78, 5) is 0.168. The second-order valence-electron chi connectivity index (χ2n) is 6.30. The van der Waals surface area contributed by atoms with Crippen LogP contribution in [0.1, 0.15) is 5.56 Å². The Balaban J connectivity index is 2.45. The Labute approximate surface area is 144 Å². The maximum Gasteiger partial charge on any atom is 0.263 e. The van der Waals surface area contributed by atoms with Crippen LogP contribution in [-0.4, -0.2) is 23.6 Å². The first kappa shape index (κ1) is 18.1. The van der Waals surface area contributed by atoms with E-state index in [1.807, 2.05) is 0 Å². The van der Waals surface area contributed by atoms with Gasteiger partial charge in [0.25, 0.3) is 10.0 Å². The van der Waals surface area contributed by atoms with E-state index in [4.69, 9.17) is 4.74 Å². The molecule has 0 fully saturated rings. The molecule has 2 rings (SSSR count). The van der Waals surface area contributed by atoms with Crippen LogP contribution in [0.2, 0.25) is 19.6 Å². The molecule has 24 heavy (non-hydrogen) atoms. The second-order valence-corrected chi connectivity index (χ2v) is 12.7. The summed E-state index contributed by atoms with van der Waals surface area (Å²) < 4.78 is 33.4. The average Bonchev–Trinajstić information content (AvgIpc) is 2.52. The van der Waals surface area contributed by atoms with Crippen molar-refractivity contribution in [2.75, 3.05) is 11.8 Å². The summed E-state index contributed by atoms with van der Waals surface area (Å²) in [6.45, 7) is 6.35. The van der Waals surface area contributed by atoms with Gasteiger partial charge in [-0.25, -0.2) is 8.42 Å². The molecule has 0 aromatic heterocycles. The molecule has 0 spiro atoms. The maximum atomic E-state index is 12.8. The largest absolute Gasteiger partial charge is 0.495 e. The van der Waals surface area contributed by atoms with Crippen LogP contribution < -0.4 is 9.46 Å². The Morgan fingerprint density at radius 3 is 2.29 bits per heavy atom. The molecule has 0 aliphatic heterocycles.